The Morgan fingerprint density at radius 3 is 2.38 bits per heavy atom. The Kier molecular flexibility index (Phi) is 6.04. The molecule has 4 nitrogen and oxygen atoms in total. The van der Waals surface area contributed by atoms with Crippen LogP contribution in [0.1, 0.15) is 46.0 Å². The molecule has 122 valence electrons. The van der Waals surface area contributed by atoms with E-state index in [1.54, 1.807) is 0 Å². The summed E-state index contributed by atoms with van der Waals surface area (Å²) in [6.07, 6.45) is -3.51. The van der Waals surface area contributed by atoms with E-state index in [-0.39, 0.29) is 25.2 Å². The molecule has 0 unspecified atom stereocenters. The fourth-order valence-electron chi connectivity index (χ4n) is 2.71. The standard InChI is InChI=1S/C14H22F3NO3/c1-8(2)6-11(13(20)21)18-12(19)9-4-3-5-10(7-9)14(15,16)17/h8-11H,3-7H2,1-2H3,(H,18,19)(H,20,21)/t9-,10-,11+/m1/s1. The molecule has 0 heterocycles. The number of aliphatic carboxylic acids is 1. The molecule has 0 saturated heterocycles. The maximum absolute atomic E-state index is 12.7. The number of hydrogen-bond donors (Lipinski definition) is 2. The molecule has 0 spiro atoms. The van der Waals surface area contributed by atoms with Gasteiger partial charge < -0.3 is 10.4 Å². The van der Waals surface area contributed by atoms with Crippen molar-refractivity contribution in [1.29, 1.82) is 0 Å². The van der Waals surface area contributed by atoms with Crippen LogP contribution in [0.25, 0.3) is 0 Å². The van der Waals surface area contributed by atoms with Crippen molar-refractivity contribution in [3.63, 3.8) is 0 Å². The molecule has 0 bridgehead atoms. The minimum Gasteiger partial charge on any atom is -0.480 e. The minimum atomic E-state index is -4.29. The second-order valence-electron chi connectivity index (χ2n) is 6.13. The van der Waals surface area contributed by atoms with Gasteiger partial charge in [0.15, 0.2) is 0 Å². The first kappa shape index (κ1) is 17.8. The maximum Gasteiger partial charge on any atom is 0.391 e. The van der Waals surface area contributed by atoms with E-state index in [0.29, 0.717) is 12.8 Å². The van der Waals surface area contributed by atoms with Crippen LogP contribution >= 0.6 is 0 Å². The SMILES string of the molecule is CC(C)C[C@H](NC(=O)[C@@H]1CCC[C@@H](C(F)(F)F)C1)C(=O)O. The Bertz CT molecular complexity index is 382. The highest BCUT2D eigenvalue weighted by Gasteiger charge is 2.43. The predicted molar refractivity (Wildman–Crippen MR) is 70.5 cm³/mol. The third-order valence-corrected chi connectivity index (χ3v) is 3.83. The van der Waals surface area contributed by atoms with Gasteiger partial charge in [-0.2, -0.15) is 13.2 Å². The smallest absolute Gasteiger partial charge is 0.391 e. The molecular weight excluding hydrogens is 287 g/mol. The van der Waals surface area contributed by atoms with Crippen LogP contribution in [0.2, 0.25) is 0 Å². The first-order valence-corrected chi connectivity index (χ1v) is 7.21. The van der Waals surface area contributed by atoms with Crippen LogP contribution in [0.5, 0.6) is 0 Å². The van der Waals surface area contributed by atoms with E-state index in [1.807, 2.05) is 13.8 Å². The summed E-state index contributed by atoms with van der Waals surface area (Å²) in [5, 5.41) is 11.4. The second-order valence-corrected chi connectivity index (χ2v) is 6.13. The Balaban J connectivity index is 2.63. The summed E-state index contributed by atoms with van der Waals surface area (Å²) in [6.45, 7) is 3.64. The summed E-state index contributed by atoms with van der Waals surface area (Å²) in [5.41, 5.74) is 0. The first-order chi connectivity index (χ1) is 9.61. The van der Waals surface area contributed by atoms with Gasteiger partial charge in [0, 0.05) is 5.92 Å². The van der Waals surface area contributed by atoms with E-state index < -0.39 is 35.9 Å². The molecule has 21 heavy (non-hydrogen) atoms. The summed E-state index contributed by atoms with van der Waals surface area (Å²) in [4.78, 5) is 23.1. The van der Waals surface area contributed by atoms with Gasteiger partial charge in [-0.3, -0.25) is 4.79 Å². The average molecular weight is 309 g/mol. The quantitative estimate of drug-likeness (QED) is 0.820. The fraction of sp³-hybridized carbons (Fsp3) is 0.857. The molecule has 0 aromatic heterocycles. The molecule has 2 N–H and O–H groups in total. The lowest BCUT2D eigenvalue weighted by molar-refractivity contribution is -0.186. The molecule has 0 aliphatic heterocycles. The lowest BCUT2D eigenvalue weighted by atomic mass is 9.80. The van der Waals surface area contributed by atoms with Crippen LogP contribution in [0.15, 0.2) is 0 Å². The van der Waals surface area contributed by atoms with Crippen molar-refractivity contribution in [2.75, 3.05) is 0 Å². The van der Waals surface area contributed by atoms with Gasteiger partial charge in [-0.05, 0) is 31.6 Å². The fourth-order valence-corrected chi connectivity index (χ4v) is 2.71. The number of nitrogens with one attached hydrogen (secondary N) is 1. The zero-order valence-corrected chi connectivity index (χ0v) is 12.2. The predicted octanol–water partition coefficient (Wildman–Crippen LogP) is 2.97. The van der Waals surface area contributed by atoms with E-state index in [4.69, 9.17) is 5.11 Å². The summed E-state index contributed by atoms with van der Waals surface area (Å²) in [7, 11) is 0. The number of alkyl halides is 3. The minimum absolute atomic E-state index is 0.0433. The summed E-state index contributed by atoms with van der Waals surface area (Å²) < 4.78 is 38.1. The molecule has 1 fully saturated rings. The van der Waals surface area contributed by atoms with Crippen LogP contribution in [-0.2, 0) is 9.59 Å². The van der Waals surface area contributed by atoms with Gasteiger partial charge in [-0.25, -0.2) is 4.79 Å². The third kappa shape index (κ3) is 5.55. The molecule has 1 aliphatic rings. The van der Waals surface area contributed by atoms with Crippen molar-refractivity contribution < 1.29 is 27.9 Å². The zero-order valence-electron chi connectivity index (χ0n) is 12.2. The molecule has 1 saturated carbocycles. The van der Waals surface area contributed by atoms with E-state index in [0.717, 1.165) is 0 Å². The average Bonchev–Trinajstić information content (AvgIpc) is 2.36. The van der Waals surface area contributed by atoms with Crippen LogP contribution < -0.4 is 5.32 Å². The summed E-state index contributed by atoms with van der Waals surface area (Å²) >= 11 is 0. The maximum atomic E-state index is 12.7. The number of carbonyl (C=O) groups excluding carboxylic acids is 1. The van der Waals surface area contributed by atoms with Crippen molar-refractivity contribution in [1.82, 2.24) is 5.32 Å². The molecule has 1 aliphatic carbocycles. The highest BCUT2D eigenvalue weighted by atomic mass is 19.4. The lowest BCUT2D eigenvalue weighted by Gasteiger charge is -2.30. The Labute approximate surface area is 122 Å². The second kappa shape index (κ2) is 7.13. The van der Waals surface area contributed by atoms with E-state index in [1.165, 1.54) is 0 Å². The van der Waals surface area contributed by atoms with Gasteiger partial charge in [-0.1, -0.05) is 20.3 Å². The number of carbonyl (C=O) groups is 2. The van der Waals surface area contributed by atoms with Gasteiger partial charge in [0.1, 0.15) is 6.04 Å². The zero-order chi connectivity index (χ0) is 16.2. The number of hydrogen-bond acceptors (Lipinski definition) is 2. The molecule has 0 aromatic rings. The topological polar surface area (TPSA) is 66.4 Å². The molecule has 3 atom stereocenters. The first-order valence-electron chi connectivity index (χ1n) is 7.21. The van der Waals surface area contributed by atoms with Gasteiger partial charge in [0.2, 0.25) is 5.91 Å². The monoisotopic (exact) mass is 309 g/mol. The van der Waals surface area contributed by atoms with E-state index in [2.05, 4.69) is 5.32 Å². The van der Waals surface area contributed by atoms with Crippen molar-refractivity contribution in [3.8, 4) is 0 Å². The van der Waals surface area contributed by atoms with Crippen LogP contribution in [-0.4, -0.2) is 29.2 Å². The summed E-state index contributed by atoms with van der Waals surface area (Å²) in [6, 6.07) is -1.04. The number of halogens is 3. The Morgan fingerprint density at radius 2 is 1.90 bits per heavy atom. The van der Waals surface area contributed by atoms with Gasteiger partial charge >= 0.3 is 12.1 Å². The lowest BCUT2D eigenvalue weighted by Crippen LogP contribution is -2.46. The Hall–Kier alpha value is -1.27. The summed E-state index contributed by atoms with van der Waals surface area (Å²) in [5.74, 6) is -3.87. The molecule has 7 heteroatoms. The van der Waals surface area contributed by atoms with Crippen molar-refractivity contribution in [2.24, 2.45) is 17.8 Å². The van der Waals surface area contributed by atoms with E-state index in [9.17, 15) is 22.8 Å². The largest absolute Gasteiger partial charge is 0.480 e. The van der Waals surface area contributed by atoms with Crippen LogP contribution in [0.4, 0.5) is 13.2 Å². The van der Waals surface area contributed by atoms with E-state index >= 15 is 0 Å². The molecule has 1 rings (SSSR count). The molecular formula is C14H22F3NO3. The van der Waals surface area contributed by atoms with Crippen molar-refractivity contribution >= 4 is 11.9 Å². The molecule has 1 amide bonds. The number of carboxylic acids is 1. The normalized spacial score (nSPS) is 24.7. The van der Waals surface area contributed by atoms with Gasteiger partial charge in [-0.15, -0.1) is 0 Å². The van der Waals surface area contributed by atoms with Crippen LogP contribution in [0, 0.1) is 17.8 Å². The van der Waals surface area contributed by atoms with Crippen molar-refractivity contribution in [3.05, 3.63) is 0 Å². The van der Waals surface area contributed by atoms with Crippen molar-refractivity contribution in [2.45, 2.75) is 58.2 Å². The molecule has 0 aromatic carbocycles. The van der Waals surface area contributed by atoms with Crippen LogP contribution in [0.3, 0.4) is 0 Å². The Morgan fingerprint density at radius 1 is 1.29 bits per heavy atom. The number of amides is 1. The van der Waals surface area contributed by atoms with Gasteiger partial charge in [0.25, 0.3) is 0 Å². The number of carboxylic acid groups (broad SMARTS) is 1. The third-order valence-electron chi connectivity index (χ3n) is 3.83. The molecule has 0 radical (unpaired) electrons. The highest BCUT2D eigenvalue weighted by molar-refractivity contribution is 5.85. The van der Waals surface area contributed by atoms with Gasteiger partial charge in [0.05, 0.1) is 5.92 Å². The number of rotatable bonds is 5. The highest BCUT2D eigenvalue weighted by Crippen LogP contribution is 2.39.